The van der Waals surface area contributed by atoms with Gasteiger partial charge in [0.1, 0.15) is 5.82 Å². The van der Waals surface area contributed by atoms with Gasteiger partial charge in [-0.2, -0.15) is 4.98 Å². The van der Waals surface area contributed by atoms with Gasteiger partial charge in [0.15, 0.2) is 0 Å². The number of rotatable bonds is 6. The van der Waals surface area contributed by atoms with E-state index in [2.05, 4.69) is 58.7 Å². The molecule has 5 heteroatoms. The maximum atomic E-state index is 4.70. The molecule has 2 N–H and O–H groups in total. The number of hydrogen-bond acceptors (Lipinski definition) is 5. The third kappa shape index (κ3) is 4.09. The molecule has 28 heavy (non-hydrogen) atoms. The summed E-state index contributed by atoms with van der Waals surface area (Å²) in [7, 11) is 0. The lowest BCUT2D eigenvalue weighted by molar-refractivity contribution is 0.685. The van der Waals surface area contributed by atoms with E-state index >= 15 is 0 Å². The number of anilines is 3. The Hall–Kier alpha value is -3.47. The normalized spacial score (nSPS) is 11.0. The fourth-order valence-electron chi connectivity index (χ4n) is 2.99. The quantitative estimate of drug-likeness (QED) is 0.470. The molecule has 0 fully saturated rings. The molecule has 0 aliphatic rings. The fraction of sp³-hybridized carbons (Fsp3) is 0.174. The van der Waals surface area contributed by atoms with Crippen LogP contribution in [-0.2, 0) is 0 Å². The largest absolute Gasteiger partial charge is 0.354 e. The molecule has 0 saturated carbocycles. The molecule has 0 radical (unpaired) electrons. The number of nitrogens with one attached hydrogen (secondary N) is 2. The van der Waals surface area contributed by atoms with Crippen molar-refractivity contribution in [1.82, 2.24) is 15.0 Å². The Balaban J connectivity index is 1.73. The van der Waals surface area contributed by atoms with Crippen LogP contribution in [-0.4, -0.2) is 21.5 Å². The van der Waals surface area contributed by atoms with Crippen molar-refractivity contribution in [1.29, 1.82) is 0 Å². The molecule has 0 aliphatic heterocycles. The van der Waals surface area contributed by atoms with Crippen molar-refractivity contribution < 1.29 is 0 Å². The lowest BCUT2D eigenvalue weighted by atomic mass is 10.1. The number of pyridine rings is 1. The maximum absolute atomic E-state index is 4.70. The second-order valence-electron chi connectivity index (χ2n) is 7.11. The molecule has 0 spiro atoms. The summed E-state index contributed by atoms with van der Waals surface area (Å²) in [5.74, 6) is 1.85. The van der Waals surface area contributed by atoms with Crippen LogP contribution in [0, 0.1) is 5.92 Å². The molecule has 0 atom stereocenters. The summed E-state index contributed by atoms with van der Waals surface area (Å²) in [4.78, 5) is 13.9. The van der Waals surface area contributed by atoms with E-state index < -0.39 is 0 Å². The van der Waals surface area contributed by atoms with Crippen LogP contribution in [0.25, 0.3) is 22.2 Å². The Morgan fingerprint density at radius 2 is 1.71 bits per heavy atom. The minimum atomic E-state index is 0.502. The van der Waals surface area contributed by atoms with Crippen LogP contribution in [0.2, 0.25) is 0 Å². The fourth-order valence-corrected chi connectivity index (χ4v) is 2.99. The van der Waals surface area contributed by atoms with Crippen LogP contribution in [0.5, 0.6) is 0 Å². The molecular formula is C23H23N5. The zero-order valence-corrected chi connectivity index (χ0v) is 16.1. The first-order valence-electron chi connectivity index (χ1n) is 9.48. The van der Waals surface area contributed by atoms with Gasteiger partial charge in [-0.05, 0) is 18.1 Å². The van der Waals surface area contributed by atoms with E-state index in [0.717, 1.165) is 40.2 Å². The molecule has 4 aromatic rings. The number of benzene rings is 2. The summed E-state index contributed by atoms with van der Waals surface area (Å²) in [6.07, 6.45) is 1.80. The molecule has 4 rings (SSSR count). The zero-order valence-electron chi connectivity index (χ0n) is 16.1. The molecular weight excluding hydrogens is 346 g/mol. The molecule has 0 aliphatic carbocycles. The molecule has 140 valence electrons. The SMILES string of the molecule is CC(C)CNc1nc(Nc2cccc3cccnc23)cc(-c2ccccc2)n1. The number of nitrogens with zero attached hydrogens (tertiary/aromatic N) is 3. The van der Waals surface area contributed by atoms with Crippen molar-refractivity contribution in [3.8, 4) is 11.3 Å². The number of aromatic nitrogens is 3. The Morgan fingerprint density at radius 3 is 2.54 bits per heavy atom. The molecule has 2 aromatic carbocycles. The Kier molecular flexibility index (Phi) is 5.15. The predicted molar refractivity (Wildman–Crippen MR) is 116 cm³/mol. The minimum absolute atomic E-state index is 0.502. The average Bonchev–Trinajstić information content (AvgIpc) is 2.73. The van der Waals surface area contributed by atoms with Gasteiger partial charge >= 0.3 is 0 Å². The molecule has 0 saturated heterocycles. The van der Waals surface area contributed by atoms with Crippen molar-refractivity contribution >= 4 is 28.4 Å². The number of fused-ring (bicyclic) bond motifs is 1. The van der Waals surface area contributed by atoms with Crippen molar-refractivity contribution in [3.63, 3.8) is 0 Å². The van der Waals surface area contributed by atoms with E-state index in [0.29, 0.717) is 11.9 Å². The first-order chi connectivity index (χ1) is 13.7. The van der Waals surface area contributed by atoms with E-state index in [1.54, 1.807) is 6.20 Å². The smallest absolute Gasteiger partial charge is 0.225 e. The van der Waals surface area contributed by atoms with E-state index in [1.165, 1.54) is 0 Å². The zero-order chi connectivity index (χ0) is 19.3. The van der Waals surface area contributed by atoms with E-state index in [9.17, 15) is 0 Å². The van der Waals surface area contributed by atoms with Gasteiger partial charge in [0.05, 0.1) is 16.9 Å². The van der Waals surface area contributed by atoms with Crippen LogP contribution in [0.3, 0.4) is 0 Å². The predicted octanol–water partition coefficient (Wildman–Crippen LogP) is 5.50. The van der Waals surface area contributed by atoms with E-state index in [4.69, 9.17) is 4.98 Å². The third-order valence-electron chi connectivity index (χ3n) is 4.36. The van der Waals surface area contributed by atoms with Crippen molar-refractivity contribution in [2.24, 2.45) is 5.92 Å². The highest BCUT2D eigenvalue weighted by atomic mass is 15.1. The van der Waals surface area contributed by atoms with Gasteiger partial charge in [0.2, 0.25) is 5.95 Å². The van der Waals surface area contributed by atoms with E-state index in [1.807, 2.05) is 42.5 Å². The van der Waals surface area contributed by atoms with Gasteiger partial charge in [-0.3, -0.25) is 4.98 Å². The highest BCUT2D eigenvalue weighted by molar-refractivity contribution is 5.91. The number of para-hydroxylation sites is 1. The summed E-state index contributed by atoms with van der Waals surface area (Å²) in [5, 5.41) is 7.86. The molecule has 2 aromatic heterocycles. The minimum Gasteiger partial charge on any atom is -0.354 e. The van der Waals surface area contributed by atoms with Crippen LogP contribution in [0.15, 0.2) is 72.9 Å². The van der Waals surface area contributed by atoms with Crippen LogP contribution >= 0.6 is 0 Å². The van der Waals surface area contributed by atoms with Gasteiger partial charge in [-0.25, -0.2) is 4.98 Å². The summed E-state index contributed by atoms with van der Waals surface area (Å²) < 4.78 is 0. The lowest BCUT2D eigenvalue weighted by Gasteiger charge is -2.13. The first-order valence-corrected chi connectivity index (χ1v) is 9.48. The number of hydrogen-bond donors (Lipinski definition) is 2. The maximum Gasteiger partial charge on any atom is 0.225 e. The molecule has 0 amide bonds. The summed E-state index contributed by atoms with van der Waals surface area (Å²) in [6, 6.07) is 22.2. The van der Waals surface area contributed by atoms with E-state index in [-0.39, 0.29) is 0 Å². The van der Waals surface area contributed by atoms with Gasteiger partial charge in [-0.15, -0.1) is 0 Å². The molecule has 5 nitrogen and oxygen atoms in total. The van der Waals surface area contributed by atoms with Crippen molar-refractivity contribution in [2.75, 3.05) is 17.2 Å². The van der Waals surface area contributed by atoms with Gasteiger partial charge in [-0.1, -0.05) is 62.4 Å². The molecule has 0 unspecified atom stereocenters. The van der Waals surface area contributed by atoms with Gasteiger partial charge < -0.3 is 10.6 Å². The van der Waals surface area contributed by atoms with Gasteiger partial charge in [0, 0.05) is 29.8 Å². The lowest BCUT2D eigenvalue weighted by Crippen LogP contribution is -2.11. The van der Waals surface area contributed by atoms with Crippen molar-refractivity contribution in [2.45, 2.75) is 13.8 Å². The summed E-state index contributed by atoms with van der Waals surface area (Å²) in [5.41, 5.74) is 3.77. The summed E-state index contributed by atoms with van der Waals surface area (Å²) >= 11 is 0. The second kappa shape index (κ2) is 8.05. The molecule has 2 heterocycles. The highest BCUT2D eigenvalue weighted by Gasteiger charge is 2.09. The second-order valence-corrected chi connectivity index (χ2v) is 7.11. The highest BCUT2D eigenvalue weighted by Crippen LogP contribution is 2.27. The third-order valence-corrected chi connectivity index (χ3v) is 4.36. The Labute approximate surface area is 164 Å². The Bertz CT molecular complexity index is 1070. The van der Waals surface area contributed by atoms with Crippen LogP contribution in [0.4, 0.5) is 17.5 Å². The van der Waals surface area contributed by atoms with Crippen molar-refractivity contribution in [3.05, 3.63) is 72.9 Å². The first kappa shape index (κ1) is 17.9. The Morgan fingerprint density at radius 1 is 0.893 bits per heavy atom. The van der Waals surface area contributed by atoms with Crippen LogP contribution in [0.1, 0.15) is 13.8 Å². The monoisotopic (exact) mass is 369 g/mol. The summed E-state index contributed by atoms with van der Waals surface area (Å²) in [6.45, 7) is 5.14. The standard InChI is InChI=1S/C23H23N5/c1-16(2)15-25-23-27-20(17-8-4-3-5-9-17)14-21(28-23)26-19-12-6-10-18-11-7-13-24-22(18)19/h3-14,16H,15H2,1-2H3,(H2,25,26,27,28). The van der Waals surface area contributed by atoms with Crippen LogP contribution < -0.4 is 10.6 Å². The molecule has 0 bridgehead atoms. The van der Waals surface area contributed by atoms with Gasteiger partial charge in [0.25, 0.3) is 0 Å². The average molecular weight is 369 g/mol. The topological polar surface area (TPSA) is 62.7 Å².